The number of hydrogen-bond acceptors (Lipinski definition) is 4. The maximum atomic E-state index is 12.5. The molecule has 1 aromatic rings. The highest BCUT2D eigenvalue weighted by Crippen LogP contribution is 2.41. The van der Waals surface area contributed by atoms with Crippen molar-refractivity contribution in [3.05, 3.63) is 29.8 Å². The second kappa shape index (κ2) is 8.08. The van der Waals surface area contributed by atoms with Gasteiger partial charge >= 0.3 is 0 Å². The Kier molecular flexibility index (Phi) is 5.81. The van der Waals surface area contributed by atoms with Crippen molar-refractivity contribution < 1.29 is 14.3 Å². The van der Waals surface area contributed by atoms with Gasteiger partial charge in [-0.3, -0.25) is 9.59 Å². The molecule has 6 heteroatoms. The normalized spacial score (nSPS) is 25.3. The number of amides is 2. The fourth-order valence-electron chi connectivity index (χ4n) is 3.80. The van der Waals surface area contributed by atoms with Crippen LogP contribution >= 0.6 is 0 Å². The molecule has 1 atom stereocenters. The Balaban J connectivity index is 1.46. The van der Waals surface area contributed by atoms with E-state index < -0.39 is 0 Å². The van der Waals surface area contributed by atoms with Crippen LogP contribution in [0.15, 0.2) is 24.3 Å². The molecule has 1 aliphatic carbocycles. The van der Waals surface area contributed by atoms with E-state index in [0.29, 0.717) is 25.4 Å². The van der Waals surface area contributed by atoms with E-state index in [1.165, 1.54) is 5.56 Å². The molecule has 1 saturated heterocycles. The van der Waals surface area contributed by atoms with Crippen molar-refractivity contribution >= 4 is 11.8 Å². The summed E-state index contributed by atoms with van der Waals surface area (Å²) in [6.07, 6.45) is 2.19. The first-order chi connectivity index (χ1) is 12.5. The molecular weight excluding hydrogens is 330 g/mol. The number of ether oxygens (including phenoxy) is 1. The van der Waals surface area contributed by atoms with Crippen molar-refractivity contribution in [2.24, 2.45) is 5.92 Å². The SMILES string of the molecule is COc1ccccc1C1CC(NC(=O)C2CC(=O)N(CCN(C)C)C2)C1. The van der Waals surface area contributed by atoms with Gasteiger partial charge in [-0.05, 0) is 44.5 Å². The first kappa shape index (κ1) is 18.7. The highest BCUT2D eigenvalue weighted by Gasteiger charge is 2.38. The van der Waals surface area contributed by atoms with Crippen LogP contribution in [0.2, 0.25) is 0 Å². The summed E-state index contributed by atoms with van der Waals surface area (Å²) in [4.78, 5) is 28.5. The fraction of sp³-hybridized carbons (Fsp3) is 0.600. The second-order valence-electron chi connectivity index (χ2n) is 7.66. The van der Waals surface area contributed by atoms with Crippen LogP contribution < -0.4 is 10.1 Å². The molecular formula is C20H29N3O3. The summed E-state index contributed by atoms with van der Waals surface area (Å²) in [5, 5.41) is 3.13. The fourth-order valence-corrected chi connectivity index (χ4v) is 3.80. The highest BCUT2D eigenvalue weighted by molar-refractivity contribution is 5.89. The van der Waals surface area contributed by atoms with Gasteiger partial charge in [-0.15, -0.1) is 0 Å². The molecule has 1 saturated carbocycles. The quantitative estimate of drug-likeness (QED) is 0.801. The summed E-state index contributed by atoms with van der Waals surface area (Å²) in [5.41, 5.74) is 1.21. The lowest BCUT2D eigenvalue weighted by Gasteiger charge is -2.37. The molecule has 6 nitrogen and oxygen atoms in total. The van der Waals surface area contributed by atoms with Crippen molar-refractivity contribution in [1.29, 1.82) is 0 Å². The molecule has 2 aliphatic rings. The summed E-state index contributed by atoms with van der Waals surface area (Å²) in [6, 6.07) is 8.27. The average molecular weight is 359 g/mol. The number of rotatable bonds is 7. The topological polar surface area (TPSA) is 61.9 Å². The minimum atomic E-state index is -0.213. The van der Waals surface area contributed by atoms with Gasteiger partial charge in [0.2, 0.25) is 11.8 Å². The number of benzene rings is 1. The number of hydrogen-bond donors (Lipinski definition) is 1. The molecule has 142 valence electrons. The molecule has 1 N–H and O–H groups in total. The maximum absolute atomic E-state index is 12.5. The molecule has 0 bridgehead atoms. The molecule has 26 heavy (non-hydrogen) atoms. The number of nitrogens with zero attached hydrogens (tertiary/aromatic N) is 2. The number of methoxy groups -OCH3 is 1. The lowest BCUT2D eigenvalue weighted by molar-refractivity contribution is -0.129. The summed E-state index contributed by atoms with van der Waals surface area (Å²) in [5.74, 6) is 1.25. The molecule has 3 rings (SSSR count). The zero-order valence-electron chi connectivity index (χ0n) is 15.9. The van der Waals surface area contributed by atoms with E-state index >= 15 is 0 Å². The zero-order chi connectivity index (χ0) is 18.7. The van der Waals surface area contributed by atoms with Crippen LogP contribution in [-0.2, 0) is 9.59 Å². The summed E-state index contributed by atoms with van der Waals surface area (Å²) in [6.45, 7) is 2.05. The standard InChI is InChI=1S/C20H29N3O3/c1-22(2)8-9-23-13-15(12-19(23)24)20(25)21-16-10-14(11-16)17-6-4-5-7-18(17)26-3/h4-7,14-16H,8-13H2,1-3H3,(H,21,25). The van der Waals surface area contributed by atoms with Gasteiger partial charge in [-0.2, -0.15) is 0 Å². The Morgan fingerprint density at radius 2 is 2.04 bits per heavy atom. The Bertz CT molecular complexity index is 655. The molecule has 1 aromatic carbocycles. The lowest BCUT2D eigenvalue weighted by atomic mass is 9.75. The lowest BCUT2D eigenvalue weighted by Crippen LogP contribution is -2.46. The molecule has 1 unspecified atom stereocenters. The van der Waals surface area contributed by atoms with Crippen LogP contribution in [0.5, 0.6) is 5.75 Å². The number of nitrogens with one attached hydrogen (secondary N) is 1. The summed E-state index contributed by atoms with van der Waals surface area (Å²) < 4.78 is 5.43. The van der Waals surface area contributed by atoms with Crippen molar-refractivity contribution in [1.82, 2.24) is 15.1 Å². The van der Waals surface area contributed by atoms with Gasteiger partial charge in [0.15, 0.2) is 0 Å². The molecule has 0 radical (unpaired) electrons. The maximum Gasteiger partial charge on any atom is 0.225 e. The first-order valence-electron chi connectivity index (χ1n) is 9.33. The van der Waals surface area contributed by atoms with E-state index in [2.05, 4.69) is 11.4 Å². The average Bonchev–Trinajstić information content (AvgIpc) is 2.96. The minimum Gasteiger partial charge on any atom is -0.496 e. The summed E-state index contributed by atoms with van der Waals surface area (Å²) in [7, 11) is 5.66. The highest BCUT2D eigenvalue weighted by atomic mass is 16.5. The zero-order valence-corrected chi connectivity index (χ0v) is 15.9. The van der Waals surface area contributed by atoms with Crippen molar-refractivity contribution in [2.75, 3.05) is 40.8 Å². The van der Waals surface area contributed by atoms with E-state index in [4.69, 9.17) is 4.74 Å². The Morgan fingerprint density at radius 1 is 1.31 bits per heavy atom. The van der Waals surface area contributed by atoms with Gasteiger partial charge in [0.05, 0.1) is 13.0 Å². The monoisotopic (exact) mass is 359 g/mol. The number of para-hydroxylation sites is 1. The third kappa shape index (κ3) is 4.18. The Labute approximate surface area is 155 Å². The van der Waals surface area contributed by atoms with Gasteiger partial charge in [0, 0.05) is 32.1 Å². The molecule has 1 aliphatic heterocycles. The number of likely N-dealkylation sites (tertiary alicyclic amines) is 1. The van der Waals surface area contributed by atoms with E-state index in [1.807, 2.05) is 42.1 Å². The van der Waals surface area contributed by atoms with Crippen LogP contribution in [0.4, 0.5) is 0 Å². The largest absolute Gasteiger partial charge is 0.496 e. The van der Waals surface area contributed by atoms with E-state index in [1.54, 1.807) is 7.11 Å². The van der Waals surface area contributed by atoms with Crippen molar-refractivity contribution in [3.8, 4) is 5.75 Å². The van der Waals surface area contributed by atoms with Crippen LogP contribution in [0.1, 0.15) is 30.7 Å². The Hall–Kier alpha value is -2.08. The van der Waals surface area contributed by atoms with Crippen molar-refractivity contribution in [2.45, 2.75) is 31.2 Å². The smallest absolute Gasteiger partial charge is 0.225 e. The van der Waals surface area contributed by atoms with Gasteiger partial charge in [-0.1, -0.05) is 18.2 Å². The molecule has 0 spiro atoms. The van der Waals surface area contributed by atoms with Crippen LogP contribution in [0, 0.1) is 5.92 Å². The van der Waals surface area contributed by atoms with Gasteiger partial charge in [-0.25, -0.2) is 0 Å². The van der Waals surface area contributed by atoms with Crippen molar-refractivity contribution in [3.63, 3.8) is 0 Å². The number of carbonyl (C=O) groups excluding carboxylic acids is 2. The third-order valence-corrected chi connectivity index (χ3v) is 5.47. The van der Waals surface area contributed by atoms with Gasteiger partial charge < -0.3 is 19.9 Å². The van der Waals surface area contributed by atoms with Crippen LogP contribution in [0.25, 0.3) is 0 Å². The summed E-state index contributed by atoms with van der Waals surface area (Å²) >= 11 is 0. The molecule has 1 heterocycles. The van der Waals surface area contributed by atoms with Crippen LogP contribution in [-0.4, -0.2) is 68.5 Å². The second-order valence-corrected chi connectivity index (χ2v) is 7.66. The number of carbonyl (C=O) groups is 2. The van der Waals surface area contributed by atoms with E-state index in [9.17, 15) is 9.59 Å². The Morgan fingerprint density at radius 3 is 2.73 bits per heavy atom. The predicted molar refractivity (Wildman–Crippen MR) is 100 cm³/mol. The number of likely N-dealkylation sites (N-methyl/N-ethyl adjacent to an activating group) is 1. The first-order valence-corrected chi connectivity index (χ1v) is 9.33. The molecule has 0 aromatic heterocycles. The van der Waals surface area contributed by atoms with E-state index in [0.717, 1.165) is 25.1 Å². The van der Waals surface area contributed by atoms with Gasteiger partial charge in [0.25, 0.3) is 0 Å². The molecule has 2 amide bonds. The third-order valence-electron chi connectivity index (χ3n) is 5.47. The van der Waals surface area contributed by atoms with Crippen LogP contribution in [0.3, 0.4) is 0 Å². The minimum absolute atomic E-state index is 0.0224. The predicted octanol–water partition coefficient (Wildman–Crippen LogP) is 1.47. The molecule has 2 fully saturated rings. The van der Waals surface area contributed by atoms with E-state index in [-0.39, 0.29) is 23.8 Å². The van der Waals surface area contributed by atoms with Gasteiger partial charge in [0.1, 0.15) is 5.75 Å².